The Morgan fingerprint density at radius 1 is 1.53 bits per heavy atom. The topological polar surface area (TPSA) is 106 Å². The number of anilines is 1. The molecular formula is C11H13IN4O3. The third kappa shape index (κ3) is 2.08. The minimum absolute atomic E-state index is 0.110. The Bertz CT molecular complexity index is 617. The summed E-state index contributed by atoms with van der Waals surface area (Å²) in [6.45, 7) is -0.110. The van der Waals surface area contributed by atoms with Crippen molar-refractivity contribution in [3.8, 4) is 0 Å². The Hall–Kier alpha value is -0.970. The monoisotopic (exact) mass is 376 g/mol. The molecule has 1 aliphatic rings. The Morgan fingerprint density at radius 3 is 3.00 bits per heavy atom. The number of rotatable bonds is 2. The number of hydrogen-bond acceptors (Lipinski definition) is 6. The number of aliphatic hydroxyl groups is 2. The lowest BCUT2D eigenvalue weighted by atomic mass is 10.2. The van der Waals surface area contributed by atoms with Crippen LogP contribution in [0, 0.1) is 3.57 Å². The summed E-state index contributed by atoms with van der Waals surface area (Å²) in [7, 11) is 0. The van der Waals surface area contributed by atoms with Crippen molar-refractivity contribution in [3.63, 3.8) is 0 Å². The molecule has 1 fully saturated rings. The van der Waals surface area contributed by atoms with Gasteiger partial charge in [-0.1, -0.05) is 0 Å². The summed E-state index contributed by atoms with van der Waals surface area (Å²) in [5.74, 6) is 0.402. The second-order valence-corrected chi connectivity index (χ2v) is 5.64. The summed E-state index contributed by atoms with van der Waals surface area (Å²) in [4.78, 5) is 8.17. The third-order valence-corrected chi connectivity index (χ3v) is 4.05. The second-order valence-electron chi connectivity index (χ2n) is 4.48. The smallest absolute Gasteiger partial charge is 0.161 e. The molecule has 4 N–H and O–H groups in total. The molecule has 8 heteroatoms. The van der Waals surface area contributed by atoms with Crippen LogP contribution in [0.2, 0.25) is 0 Å². The SMILES string of the molecule is Nc1ncnc2c1c(I)cn2[C@@H]1O[C@H](CO)CC1O. The molecule has 3 atom stereocenters. The van der Waals surface area contributed by atoms with Crippen LogP contribution in [-0.2, 0) is 4.74 Å². The van der Waals surface area contributed by atoms with Gasteiger partial charge in [-0.3, -0.25) is 0 Å². The van der Waals surface area contributed by atoms with Gasteiger partial charge < -0.3 is 25.3 Å². The molecule has 0 bridgehead atoms. The average Bonchev–Trinajstić information content (AvgIpc) is 2.91. The Kier molecular flexibility index (Phi) is 3.33. The van der Waals surface area contributed by atoms with Crippen molar-refractivity contribution in [3.05, 3.63) is 16.1 Å². The molecule has 0 saturated carbocycles. The number of aliphatic hydroxyl groups excluding tert-OH is 2. The molecule has 2 aromatic heterocycles. The van der Waals surface area contributed by atoms with Gasteiger partial charge in [-0.15, -0.1) is 0 Å². The fourth-order valence-electron chi connectivity index (χ4n) is 2.35. The van der Waals surface area contributed by atoms with E-state index in [1.807, 2.05) is 6.20 Å². The standard InChI is InChI=1S/C11H13IN4O3/c12-6-2-16(10-8(6)9(13)14-4-15-10)11-7(18)1-5(3-17)19-11/h2,4-5,7,11,17-18H,1,3H2,(H2,13,14,15)/t5-,7?,11+/m0/s1. The minimum atomic E-state index is -0.681. The van der Waals surface area contributed by atoms with Crippen molar-refractivity contribution >= 4 is 39.4 Å². The van der Waals surface area contributed by atoms with Crippen LogP contribution in [0.3, 0.4) is 0 Å². The minimum Gasteiger partial charge on any atom is -0.394 e. The lowest BCUT2D eigenvalue weighted by Gasteiger charge is -2.17. The van der Waals surface area contributed by atoms with Crippen LogP contribution in [0.1, 0.15) is 12.6 Å². The van der Waals surface area contributed by atoms with Gasteiger partial charge in [-0.25, -0.2) is 9.97 Å². The van der Waals surface area contributed by atoms with Crippen molar-refractivity contribution < 1.29 is 14.9 Å². The van der Waals surface area contributed by atoms with E-state index in [0.29, 0.717) is 17.9 Å². The molecule has 3 heterocycles. The number of ether oxygens (including phenoxy) is 1. The zero-order valence-corrected chi connectivity index (χ0v) is 12.1. The van der Waals surface area contributed by atoms with Crippen LogP contribution < -0.4 is 5.73 Å². The maximum absolute atomic E-state index is 10.0. The van der Waals surface area contributed by atoms with Gasteiger partial charge in [0.05, 0.1) is 18.1 Å². The van der Waals surface area contributed by atoms with Crippen molar-refractivity contribution in [2.24, 2.45) is 0 Å². The Labute approximate surface area is 122 Å². The van der Waals surface area contributed by atoms with Crippen molar-refractivity contribution in [2.75, 3.05) is 12.3 Å². The molecule has 3 rings (SSSR count). The zero-order valence-electron chi connectivity index (χ0n) is 9.90. The second kappa shape index (κ2) is 4.85. The maximum Gasteiger partial charge on any atom is 0.161 e. The number of nitrogens with zero attached hydrogens (tertiary/aromatic N) is 3. The van der Waals surface area contributed by atoms with Gasteiger partial charge >= 0.3 is 0 Å². The molecule has 0 aliphatic carbocycles. The first-order chi connectivity index (χ1) is 9.11. The molecule has 0 aromatic carbocycles. The highest BCUT2D eigenvalue weighted by Crippen LogP contribution is 2.34. The molecule has 19 heavy (non-hydrogen) atoms. The molecule has 1 aliphatic heterocycles. The number of halogens is 1. The van der Waals surface area contributed by atoms with Crippen LogP contribution in [0.15, 0.2) is 12.5 Å². The molecule has 0 radical (unpaired) electrons. The zero-order chi connectivity index (χ0) is 13.6. The van der Waals surface area contributed by atoms with Gasteiger partial charge in [0.25, 0.3) is 0 Å². The largest absolute Gasteiger partial charge is 0.394 e. The van der Waals surface area contributed by atoms with E-state index in [4.69, 9.17) is 15.6 Å². The fourth-order valence-corrected chi connectivity index (χ4v) is 3.17. The van der Waals surface area contributed by atoms with Gasteiger partial charge in [0, 0.05) is 16.2 Å². The predicted molar refractivity (Wildman–Crippen MR) is 76.3 cm³/mol. The maximum atomic E-state index is 10.0. The van der Waals surface area contributed by atoms with Gasteiger partial charge in [0.1, 0.15) is 23.9 Å². The summed E-state index contributed by atoms with van der Waals surface area (Å²) >= 11 is 2.15. The number of aromatic nitrogens is 3. The third-order valence-electron chi connectivity index (χ3n) is 3.24. The highest BCUT2D eigenvalue weighted by Gasteiger charge is 2.36. The average molecular weight is 376 g/mol. The highest BCUT2D eigenvalue weighted by atomic mass is 127. The van der Waals surface area contributed by atoms with Crippen LogP contribution in [0.5, 0.6) is 0 Å². The summed E-state index contributed by atoms with van der Waals surface area (Å²) < 4.78 is 8.27. The molecule has 1 unspecified atom stereocenters. The van der Waals surface area contributed by atoms with Crippen molar-refractivity contribution in [1.82, 2.24) is 14.5 Å². The molecule has 2 aromatic rings. The highest BCUT2D eigenvalue weighted by molar-refractivity contribution is 14.1. The van der Waals surface area contributed by atoms with E-state index in [0.717, 1.165) is 8.96 Å². The van der Waals surface area contributed by atoms with E-state index in [2.05, 4.69) is 32.6 Å². The van der Waals surface area contributed by atoms with Gasteiger partial charge in [0.2, 0.25) is 0 Å². The normalized spacial score (nSPS) is 27.2. The summed E-state index contributed by atoms with van der Waals surface area (Å²) in [5, 5.41) is 19.9. The Balaban J connectivity index is 2.09. The van der Waals surface area contributed by atoms with Crippen LogP contribution in [0.25, 0.3) is 11.0 Å². The Morgan fingerprint density at radius 2 is 2.32 bits per heavy atom. The van der Waals surface area contributed by atoms with E-state index in [1.165, 1.54) is 6.33 Å². The number of nitrogen functional groups attached to an aromatic ring is 1. The van der Waals surface area contributed by atoms with Gasteiger partial charge in [-0.05, 0) is 22.6 Å². The molecule has 0 amide bonds. The van der Waals surface area contributed by atoms with Gasteiger partial charge in [0.15, 0.2) is 6.23 Å². The van der Waals surface area contributed by atoms with Gasteiger partial charge in [-0.2, -0.15) is 0 Å². The van der Waals surface area contributed by atoms with Crippen molar-refractivity contribution in [2.45, 2.75) is 24.9 Å². The molecule has 102 valence electrons. The first-order valence-corrected chi connectivity index (χ1v) is 6.90. The van der Waals surface area contributed by atoms with Crippen LogP contribution >= 0.6 is 22.6 Å². The number of nitrogens with two attached hydrogens (primary N) is 1. The lowest BCUT2D eigenvalue weighted by molar-refractivity contribution is -0.0484. The lowest BCUT2D eigenvalue weighted by Crippen LogP contribution is -2.19. The molecular weight excluding hydrogens is 363 g/mol. The first kappa shape index (κ1) is 13.0. The molecule has 1 saturated heterocycles. The molecule has 0 spiro atoms. The van der Waals surface area contributed by atoms with Crippen LogP contribution in [-0.4, -0.2) is 43.6 Å². The predicted octanol–water partition coefficient (Wildman–Crippen LogP) is 0.259. The van der Waals surface area contributed by atoms with Crippen molar-refractivity contribution in [1.29, 1.82) is 0 Å². The summed E-state index contributed by atoms with van der Waals surface area (Å²) in [6, 6.07) is 0. The van der Waals surface area contributed by atoms with E-state index < -0.39 is 12.3 Å². The van der Waals surface area contributed by atoms with E-state index in [-0.39, 0.29) is 12.7 Å². The molecule has 7 nitrogen and oxygen atoms in total. The summed E-state index contributed by atoms with van der Waals surface area (Å²) in [6.07, 6.45) is 2.02. The quantitative estimate of drug-likeness (QED) is 0.650. The first-order valence-electron chi connectivity index (χ1n) is 5.82. The summed E-state index contributed by atoms with van der Waals surface area (Å²) in [5.41, 5.74) is 6.47. The van der Waals surface area contributed by atoms with E-state index in [9.17, 15) is 5.11 Å². The van der Waals surface area contributed by atoms with Crippen LogP contribution in [0.4, 0.5) is 5.82 Å². The number of hydrogen-bond donors (Lipinski definition) is 3. The fraction of sp³-hybridized carbons (Fsp3) is 0.455. The van der Waals surface area contributed by atoms with E-state index in [1.54, 1.807) is 4.57 Å². The number of fused-ring (bicyclic) bond motifs is 1. The van der Waals surface area contributed by atoms with E-state index >= 15 is 0 Å².